The van der Waals surface area contributed by atoms with Crippen molar-refractivity contribution in [1.29, 1.82) is 0 Å². The highest BCUT2D eigenvalue weighted by Crippen LogP contribution is 1.85. The number of esters is 2. The standard InChI is InChI=1S/C5H12N2O.C5H12N2S.2C4H9NO2.2C4H9NO.2C4H9N.C3H9N.C3H6O3.2C3H6O2.C2H6O/c2*1-6(2)5(8)7(3)4;2*1-5(2)4(6)7-3;2*1-4(6)5(2)3;2*1-4(2)5-3;1-4(2)3;1-5-3(4)6-2;2*1-3(4)5-2;1-3-2/h2*1-4H3;2*1-3H3;2*1-3H3;2*1-3H3;1-3H3;1-2H3;2*1-2H3;1-2H3. The zero-order valence-electron chi connectivity index (χ0n) is 54.0. The monoisotopic (exact) mass is 1110 g/mol. The number of nitrogens with zero attached hydrogens (tertiary/aromatic N) is 11. The third-order valence-corrected chi connectivity index (χ3v) is 6.40. The number of methoxy groups -OCH3 is 7. The number of ether oxygens (including phenoxy) is 7. The van der Waals surface area contributed by atoms with Crippen molar-refractivity contribution < 1.29 is 71.5 Å². The number of hydrogen-bond acceptors (Lipinski definition) is 19. The number of aliphatic imine (C=N–C) groups is 2. The second kappa shape index (κ2) is 76.8. The first-order valence-electron chi connectivity index (χ1n) is 22.0. The summed E-state index contributed by atoms with van der Waals surface area (Å²) in [6.45, 7) is 13.7. The Morgan fingerprint density at radius 1 is 0.333 bits per heavy atom. The van der Waals surface area contributed by atoms with Crippen molar-refractivity contribution in [1.82, 2.24) is 44.1 Å². The van der Waals surface area contributed by atoms with E-state index in [0.29, 0.717) is 0 Å². The van der Waals surface area contributed by atoms with Crippen molar-refractivity contribution in [2.45, 2.75) is 55.4 Å². The first kappa shape index (κ1) is 102. The van der Waals surface area contributed by atoms with E-state index >= 15 is 0 Å². The molecule has 454 valence electrons. The largest absolute Gasteiger partial charge is 0.507 e. The van der Waals surface area contributed by atoms with Gasteiger partial charge in [-0.05, 0) is 61.1 Å². The van der Waals surface area contributed by atoms with Crippen LogP contribution in [0.2, 0.25) is 0 Å². The molecule has 0 saturated carbocycles. The van der Waals surface area contributed by atoms with Gasteiger partial charge in [-0.15, -0.1) is 0 Å². The van der Waals surface area contributed by atoms with E-state index in [0.717, 1.165) is 16.5 Å². The van der Waals surface area contributed by atoms with Crippen molar-refractivity contribution in [3.05, 3.63) is 0 Å². The van der Waals surface area contributed by atoms with Crippen LogP contribution in [0.1, 0.15) is 55.4 Å². The Morgan fingerprint density at radius 2 is 0.493 bits per heavy atom. The molecule has 0 N–H and O–H groups in total. The number of thiocarbonyl (C=S) groups is 1. The summed E-state index contributed by atoms with van der Waals surface area (Å²) in [5.74, 6) is -0.306. The normalized spacial score (nSPS) is 7.65. The molecule has 0 unspecified atom stereocenters. The fourth-order valence-electron chi connectivity index (χ4n) is 1.25. The molecule has 0 atom stereocenters. The third kappa shape index (κ3) is 168. The summed E-state index contributed by atoms with van der Waals surface area (Å²) in [6.07, 6.45) is -1.30. The number of rotatable bonds is 0. The first-order chi connectivity index (χ1) is 33.8. The van der Waals surface area contributed by atoms with E-state index in [9.17, 15) is 38.4 Å². The van der Waals surface area contributed by atoms with Gasteiger partial charge in [-0.1, -0.05) is 0 Å². The van der Waals surface area contributed by atoms with Crippen LogP contribution in [0.3, 0.4) is 0 Å². The number of carbonyl (C=O) groups excluding carboxylic acids is 8. The lowest BCUT2D eigenvalue weighted by Crippen LogP contribution is -2.33. The zero-order valence-corrected chi connectivity index (χ0v) is 54.8. The van der Waals surface area contributed by atoms with Crippen LogP contribution in [-0.4, -0.2) is 314 Å². The Balaban J connectivity index is -0.0000000508. The molecule has 0 aliphatic carbocycles. The van der Waals surface area contributed by atoms with E-state index in [1.165, 1.54) is 99.8 Å². The molecule has 75 heavy (non-hydrogen) atoms. The van der Waals surface area contributed by atoms with E-state index in [2.05, 4.69) is 43.1 Å². The summed E-state index contributed by atoms with van der Waals surface area (Å²) in [5.41, 5.74) is 2.26. The van der Waals surface area contributed by atoms with E-state index in [4.69, 9.17) is 12.2 Å². The summed E-state index contributed by atoms with van der Waals surface area (Å²) < 4.78 is 29.1. The lowest BCUT2D eigenvalue weighted by molar-refractivity contribution is -0.138. The quantitative estimate of drug-likeness (QED) is 0.136. The molecule has 0 bridgehead atoms. The minimum absolute atomic E-state index is 0.0185. The zero-order chi connectivity index (χ0) is 63.9. The van der Waals surface area contributed by atoms with Crippen LogP contribution in [0.15, 0.2) is 9.98 Å². The highest BCUT2D eigenvalue weighted by atomic mass is 32.1. The molecule has 0 aromatic heterocycles. The Hall–Kier alpha value is -6.09. The fraction of sp³-hybridized carbons (Fsp3) is 0.771. The van der Waals surface area contributed by atoms with Crippen LogP contribution >= 0.6 is 12.2 Å². The number of hydrogen-bond donors (Lipinski definition) is 0. The van der Waals surface area contributed by atoms with Gasteiger partial charge >= 0.3 is 36.3 Å². The van der Waals surface area contributed by atoms with Gasteiger partial charge < -0.3 is 77.3 Å². The SMILES string of the molecule is CC(=O)N(C)C.CC(=O)N(C)C.CN(C)C.CN(C)C(=O)N(C)C.CN(C)C(=S)N(C)C.CN=C(C)C.CN=C(C)C.COC.COC(=O)N(C)C.COC(=O)N(C)C.COC(=O)OC.COC(C)=O.COC(C)=O. The van der Waals surface area contributed by atoms with Gasteiger partial charge in [-0.3, -0.25) is 29.2 Å². The first-order valence-corrected chi connectivity index (χ1v) is 22.4. The van der Waals surface area contributed by atoms with Crippen molar-refractivity contribution in [3.8, 4) is 0 Å². The van der Waals surface area contributed by atoms with Gasteiger partial charge in [0.1, 0.15) is 0 Å². The molecular weight excluding hydrogens is 1000 g/mol. The Morgan fingerprint density at radius 3 is 0.493 bits per heavy atom. The van der Waals surface area contributed by atoms with E-state index in [-0.39, 0.29) is 42.0 Å². The lowest BCUT2D eigenvalue weighted by Gasteiger charge is -2.20. The predicted molar refractivity (Wildman–Crippen MR) is 310 cm³/mol. The van der Waals surface area contributed by atoms with Gasteiger partial charge in [0.05, 0.1) is 42.7 Å². The third-order valence-electron chi connectivity index (χ3n) is 5.67. The van der Waals surface area contributed by atoms with Gasteiger partial charge in [0.2, 0.25) is 11.8 Å². The predicted octanol–water partition coefficient (Wildman–Crippen LogP) is 4.83. The highest BCUT2D eigenvalue weighted by Gasteiger charge is 2.03. The Labute approximate surface area is 461 Å². The maximum absolute atomic E-state index is 10.7. The van der Waals surface area contributed by atoms with Gasteiger partial charge in [-0.2, -0.15) is 0 Å². The molecule has 0 aromatic rings. The smallest absolute Gasteiger partial charge is 0.469 e. The molecule has 0 saturated heterocycles. The van der Waals surface area contributed by atoms with Gasteiger partial charge in [0.15, 0.2) is 5.11 Å². The van der Waals surface area contributed by atoms with Gasteiger partial charge in [0, 0.05) is 180 Å². The van der Waals surface area contributed by atoms with Crippen LogP contribution in [0, 0.1) is 0 Å². The van der Waals surface area contributed by atoms with E-state index in [1.807, 2.05) is 91.7 Å². The maximum atomic E-state index is 10.7. The minimum atomic E-state index is -0.657. The Kier molecular flexibility index (Phi) is 104. The summed E-state index contributed by atoms with van der Waals surface area (Å²) >= 11 is 4.95. The molecule has 0 aliphatic heterocycles. The van der Waals surface area contributed by atoms with Crippen molar-refractivity contribution >= 4 is 76.9 Å². The summed E-state index contributed by atoms with van der Waals surface area (Å²) in [7, 11) is 48.8. The minimum Gasteiger partial charge on any atom is -0.469 e. The molecule has 0 fully saturated rings. The average molecular weight is 1110 g/mol. The van der Waals surface area contributed by atoms with Crippen molar-refractivity contribution in [3.63, 3.8) is 0 Å². The average Bonchev–Trinajstić information content (AvgIpc) is 3.31. The van der Waals surface area contributed by atoms with E-state index < -0.39 is 6.16 Å². The van der Waals surface area contributed by atoms with Crippen LogP contribution in [0.4, 0.5) is 19.2 Å². The molecule has 0 aromatic carbocycles. The molecular formula is C48H111N11O15S. The topological polar surface area (TPSA) is 255 Å². The second-order valence-corrected chi connectivity index (χ2v) is 16.2. The molecule has 27 heteroatoms. The highest BCUT2D eigenvalue weighted by molar-refractivity contribution is 7.80. The fourth-order valence-corrected chi connectivity index (χ4v) is 1.25. The van der Waals surface area contributed by atoms with Gasteiger partial charge in [0.25, 0.3) is 0 Å². The molecule has 0 aliphatic rings. The lowest BCUT2D eigenvalue weighted by atomic mass is 10.5. The number of urea groups is 1. The van der Waals surface area contributed by atoms with Crippen LogP contribution < -0.4 is 0 Å². The number of amides is 6. The Bertz CT molecular complexity index is 1300. The van der Waals surface area contributed by atoms with Gasteiger partial charge in [-0.25, -0.2) is 19.2 Å². The molecule has 26 nitrogen and oxygen atoms in total. The number of carbonyl (C=O) groups is 8. The molecule has 0 radical (unpaired) electrons. The summed E-state index contributed by atoms with van der Waals surface area (Å²) in [5, 5.41) is 0.852. The molecule has 6 amide bonds. The molecule has 0 heterocycles. The van der Waals surface area contributed by atoms with Crippen molar-refractivity contribution in [2.75, 3.05) is 205 Å². The summed E-state index contributed by atoms with van der Waals surface area (Å²) in [4.78, 5) is 102. The summed E-state index contributed by atoms with van der Waals surface area (Å²) in [6, 6.07) is 0.0185. The van der Waals surface area contributed by atoms with Crippen molar-refractivity contribution in [2.24, 2.45) is 9.98 Å². The van der Waals surface area contributed by atoms with Crippen LogP contribution in [-0.2, 0) is 52.3 Å². The van der Waals surface area contributed by atoms with Crippen LogP contribution in [0.25, 0.3) is 0 Å². The second-order valence-electron chi connectivity index (χ2n) is 15.8. The van der Waals surface area contributed by atoms with E-state index in [1.54, 1.807) is 113 Å². The maximum Gasteiger partial charge on any atom is 0.507 e. The molecule has 0 rings (SSSR count). The van der Waals surface area contributed by atoms with Crippen LogP contribution in [0.5, 0.6) is 0 Å². The molecule has 0 spiro atoms.